The first-order chi connectivity index (χ1) is 9.70. The molecule has 2 aromatic rings. The van der Waals surface area contributed by atoms with Crippen molar-refractivity contribution < 1.29 is 4.79 Å². The van der Waals surface area contributed by atoms with E-state index in [1.54, 1.807) is 11.3 Å². The van der Waals surface area contributed by atoms with Crippen LogP contribution in [0.2, 0.25) is 0 Å². The van der Waals surface area contributed by atoms with Crippen molar-refractivity contribution in [3.8, 4) is 0 Å². The van der Waals surface area contributed by atoms with Crippen molar-refractivity contribution in [2.45, 2.75) is 45.1 Å². The van der Waals surface area contributed by atoms with Crippen LogP contribution in [0, 0.1) is 0 Å². The van der Waals surface area contributed by atoms with Gasteiger partial charge in [-0.3, -0.25) is 4.79 Å². The van der Waals surface area contributed by atoms with E-state index in [-0.39, 0.29) is 5.91 Å². The van der Waals surface area contributed by atoms with Gasteiger partial charge in [-0.25, -0.2) is 4.98 Å². The summed E-state index contributed by atoms with van der Waals surface area (Å²) >= 11 is 1.66. The monoisotopic (exact) mass is 289 g/mol. The molecule has 1 fully saturated rings. The molecule has 4 nitrogen and oxygen atoms in total. The lowest BCUT2D eigenvalue weighted by Crippen LogP contribution is -2.21. The van der Waals surface area contributed by atoms with Crippen LogP contribution in [0.1, 0.15) is 39.0 Å². The van der Waals surface area contributed by atoms with Gasteiger partial charge in [-0.2, -0.15) is 0 Å². The van der Waals surface area contributed by atoms with Gasteiger partial charge in [0.2, 0.25) is 5.91 Å². The maximum atomic E-state index is 11.1. The molecule has 1 amide bonds. The number of carbonyl (C=O) groups is 1. The van der Waals surface area contributed by atoms with Crippen LogP contribution < -0.4 is 10.6 Å². The predicted octanol–water partition coefficient (Wildman–Crippen LogP) is 4.00. The Morgan fingerprint density at radius 1 is 1.30 bits per heavy atom. The van der Waals surface area contributed by atoms with Crippen molar-refractivity contribution in [3.63, 3.8) is 0 Å². The van der Waals surface area contributed by atoms with Gasteiger partial charge < -0.3 is 10.6 Å². The number of fused-ring (bicyclic) bond motifs is 1. The zero-order valence-corrected chi connectivity index (χ0v) is 12.4. The minimum atomic E-state index is -0.0468. The first kappa shape index (κ1) is 13.4. The molecule has 1 aliphatic rings. The van der Waals surface area contributed by atoms with Crippen molar-refractivity contribution in [1.82, 2.24) is 4.98 Å². The SMILES string of the molecule is CC(=O)Nc1ccc2nc(NC3CCCCC3)sc2c1. The van der Waals surface area contributed by atoms with E-state index in [4.69, 9.17) is 0 Å². The van der Waals surface area contributed by atoms with Crippen LogP contribution in [0.15, 0.2) is 18.2 Å². The molecule has 5 heteroatoms. The summed E-state index contributed by atoms with van der Waals surface area (Å²) in [5.74, 6) is -0.0468. The molecule has 1 aliphatic carbocycles. The van der Waals surface area contributed by atoms with Crippen LogP contribution >= 0.6 is 11.3 Å². The molecule has 0 aliphatic heterocycles. The third-order valence-corrected chi connectivity index (χ3v) is 4.59. The van der Waals surface area contributed by atoms with Crippen molar-refractivity contribution in [1.29, 1.82) is 0 Å². The Hall–Kier alpha value is -1.62. The van der Waals surface area contributed by atoms with Crippen molar-refractivity contribution in [3.05, 3.63) is 18.2 Å². The number of amides is 1. The molecule has 0 bridgehead atoms. The molecule has 1 aromatic heterocycles. The molecule has 2 N–H and O–H groups in total. The summed E-state index contributed by atoms with van der Waals surface area (Å²) in [6.07, 6.45) is 6.47. The zero-order chi connectivity index (χ0) is 13.9. The largest absolute Gasteiger partial charge is 0.359 e. The van der Waals surface area contributed by atoms with Crippen molar-refractivity contribution in [2.75, 3.05) is 10.6 Å². The highest BCUT2D eigenvalue weighted by Crippen LogP contribution is 2.30. The molecule has 106 valence electrons. The molecule has 0 atom stereocenters. The summed E-state index contributed by atoms with van der Waals surface area (Å²) in [5.41, 5.74) is 1.82. The number of thiazole rings is 1. The molecule has 1 saturated carbocycles. The lowest BCUT2D eigenvalue weighted by molar-refractivity contribution is -0.114. The van der Waals surface area contributed by atoms with Crippen LogP contribution in [0.4, 0.5) is 10.8 Å². The number of benzene rings is 1. The van der Waals surface area contributed by atoms with E-state index in [0.29, 0.717) is 6.04 Å². The molecule has 1 aromatic carbocycles. The van der Waals surface area contributed by atoms with Gasteiger partial charge in [0, 0.05) is 18.7 Å². The number of hydrogen-bond donors (Lipinski definition) is 2. The fraction of sp³-hybridized carbons (Fsp3) is 0.467. The van der Waals surface area contributed by atoms with Gasteiger partial charge in [0.15, 0.2) is 5.13 Å². The lowest BCUT2D eigenvalue weighted by atomic mass is 9.96. The van der Waals surface area contributed by atoms with E-state index in [2.05, 4.69) is 15.6 Å². The summed E-state index contributed by atoms with van der Waals surface area (Å²) in [7, 11) is 0. The Morgan fingerprint density at radius 2 is 2.10 bits per heavy atom. The highest BCUT2D eigenvalue weighted by Gasteiger charge is 2.15. The molecule has 0 saturated heterocycles. The maximum absolute atomic E-state index is 11.1. The van der Waals surface area contributed by atoms with Crippen LogP contribution in [0.3, 0.4) is 0 Å². The summed E-state index contributed by atoms with van der Waals surface area (Å²) in [4.78, 5) is 15.7. The highest BCUT2D eigenvalue weighted by atomic mass is 32.1. The smallest absolute Gasteiger partial charge is 0.221 e. The zero-order valence-electron chi connectivity index (χ0n) is 11.6. The van der Waals surface area contributed by atoms with E-state index in [9.17, 15) is 4.79 Å². The van der Waals surface area contributed by atoms with E-state index < -0.39 is 0 Å². The Morgan fingerprint density at radius 3 is 2.85 bits per heavy atom. The Bertz CT molecular complexity index is 617. The van der Waals surface area contributed by atoms with Gasteiger partial charge in [0.1, 0.15) is 0 Å². The fourth-order valence-electron chi connectivity index (χ4n) is 2.69. The third-order valence-electron chi connectivity index (χ3n) is 3.64. The first-order valence-corrected chi connectivity index (χ1v) is 7.97. The number of nitrogens with one attached hydrogen (secondary N) is 2. The van der Waals surface area contributed by atoms with Gasteiger partial charge in [0.25, 0.3) is 0 Å². The van der Waals surface area contributed by atoms with Crippen LogP contribution in [-0.2, 0) is 4.79 Å². The third kappa shape index (κ3) is 3.10. The topological polar surface area (TPSA) is 54.0 Å². The second-order valence-corrected chi connectivity index (χ2v) is 6.39. The van der Waals surface area contributed by atoms with Crippen LogP contribution in [0.5, 0.6) is 0 Å². The molecule has 1 heterocycles. The molecular formula is C15H19N3OS. The molecule has 3 rings (SSSR count). The van der Waals surface area contributed by atoms with Gasteiger partial charge in [-0.15, -0.1) is 0 Å². The highest BCUT2D eigenvalue weighted by molar-refractivity contribution is 7.22. The van der Waals surface area contributed by atoms with Crippen molar-refractivity contribution >= 4 is 38.3 Å². The molecule has 20 heavy (non-hydrogen) atoms. The average molecular weight is 289 g/mol. The van der Waals surface area contributed by atoms with Crippen LogP contribution in [-0.4, -0.2) is 16.9 Å². The number of rotatable bonds is 3. The lowest BCUT2D eigenvalue weighted by Gasteiger charge is -2.22. The molecule has 0 spiro atoms. The summed E-state index contributed by atoms with van der Waals surface area (Å²) in [6, 6.07) is 6.41. The number of hydrogen-bond acceptors (Lipinski definition) is 4. The maximum Gasteiger partial charge on any atom is 0.221 e. The predicted molar refractivity (Wildman–Crippen MR) is 84.4 cm³/mol. The van der Waals surface area contributed by atoms with E-state index in [1.807, 2.05) is 18.2 Å². The normalized spacial score (nSPS) is 16.2. The number of aromatic nitrogens is 1. The van der Waals surface area contributed by atoms with E-state index >= 15 is 0 Å². The quantitative estimate of drug-likeness (QED) is 0.898. The van der Waals surface area contributed by atoms with Crippen molar-refractivity contribution in [2.24, 2.45) is 0 Å². The van der Waals surface area contributed by atoms with E-state index in [1.165, 1.54) is 39.0 Å². The molecule has 0 unspecified atom stereocenters. The Labute approximate surface area is 122 Å². The summed E-state index contributed by atoms with van der Waals surface area (Å²) in [5, 5.41) is 7.35. The number of nitrogens with zero attached hydrogens (tertiary/aromatic N) is 1. The summed E-state index contributed by atoms with van der Waals surface area (Å²) < 4.78 is 1.11. The Kier molecular flexibility index (Phi) is 3.87. The average Bonchev–Trinajstić information content (AvgIpc) is 2.80. The fourth-order valence-corrected chi connectivity index (χ4v) is 3.67. The number of carbonyl (C=O) groups excluding carboxylic acids is 1. The number of anilines is 2. The standard InChI is InChI=1S/C15H19N3OS/c1-10(19)16-12-7-8-13-14(9-12)20-15(18-13)17-11-5-3-2-4-6-11/h7-9,11H,2-6H2,1H3,(H,16,19)(H,17,18). The molecule has 0 radical (unpaired) electrons. The second-order valence-electron chi connectivity index (χ2n) is 5.36. The summed E-state index contributed by atoms with van der Waals surface area (Å²) in [6.45, 7) is 1.52. The van der Waals surface area contributed by atoms with Gasteiger partial charge in [-0.1, -0.05) is 30.6 Å². The van der Waals surface area contributed by atoms with Gasteiger partial charge >= 0.3 is 0 Å². The van der Waals surface area contributed by atoms with Crippen LogP contribution in [0.25, 0.3) is 10.2 Å². The first-order valence-electron chi connectivity index (χ1n) is 7.15. The minimum absolute atomic E-state index is 0.0468. The molecular weight excluding hydrogens is 270 g/mol. The Balaban J connectivity index is 1.77. The minimum Gasteiger partial charge on any atom is -0.359 e. The van der Waals surface area contributed by atoms with E-state index in [0.717, 1.165) is 21.0 Å². The second kappa shape index (κ2) is 5.79. The van der Waals surface area contributed by atoms with Gasteiger partial charge in [-0.05, 0) is 31.0 Å². The van der Waals surface area contributed by atoms with Gasteiger partial charge in [0.05, 0.1) is 10.2 Å².